The normalized spacial score (nSPS) is 46.4. The molecular weight excluding hydrogens is 415 g/mol. The van der Waals surface area contributed by atoms with Crippen LogP contribution in [0, 0.1) is 11.8 Å². The van der Waals surface area contributed by atoms with Crippen LogP contribution in [0.5, 0.6) is 0 Å². The quantitative estimate of drug-likeness (QED) is 0.680. The van der Waals surface area contributed by atoms with Crippen molar-refractivity contribution >= 4 is 17.7 Å². The largest absolute Gasteiger partial charge is 0.381 e. The molecule has 0 aromatic rings. The highest BCUT2D eigenvalue weighted by Crippen LogP contribution is 2.47. The van der Waals surface area contributed by atoms with E-state index in [9.17, 15) is 9.18 Å². The Morgan fingerprint density at radius 2 is 1.87 bits per heavy atom. The van der Waals surface area contributed by atoms with Gasteiger partial charge in [-0.25, -0.2) is 4.39 Å². The van der Waals surface area contributed by atoms with Crippen LogP contribution in [-0.4, -0.2) is 90.0 Å². The smallest absolute Gasteiger partial charge is 0.237 e. The molecule has 3 heterocycles. The predicted octanol–water partition coefficient (Wildman–Crippen LogP) is 1.97. The number of carbonyl (C=O) groups excluding carboxylic acids is 1. The molecule has 5 rings (SSSR count). The predicted molar refractivity (Wildman–Crippen MR) is 122 cm³/mol. The summed E-state index contributed by atoms with van der Waals surface area (Å²) in [6.45, 7) is 2.99. The van der Waals surface area contributed by atoms with Crippen LogP contribution in [0.15, 0.2) is 0 Å². The molecule has 0 bridgehead atoms. The van der Waals surface area contributed by atoms with Crippen LogP contribution in [0.25, 0.3) is 0 Å². The van der Waals surface area contributed by atoms with Gasteiger partial charge in [0.25, 0.3) is 0 Å². The number of hydrogen-bond donors (Lipinski definition) is 2. The SMILES string of the molecule is COC1CCC2NC3SC(C(=O)N4CCN(C5CCCCC5F)CC4)C(N)C3CC2C1. The van der Waals surface area contributed by atoms with E-state index in [-0.39, 0.29) is 23.2 Å². The highest BCUT2D eigenvalue weighted by Gasteiger charge is 2.52. The summed E-state index contributed by atoms with van der Waals surface area (Å²) >= 11 is 1.76. The van der Waals surface area contributed by atoms with Crippen molar-refractivity contribution in [2.45, 2.75) is 92.4 Å². The fourth-order valence-electron chi connectivity index (χ4n) is 6.85. The fraction of sp³-hybridized carbons (Fsp3) is 0.957. The maximum absolute atomic E-state index is 14.4. The first-order valence-electron chi connectivity index (χ1n) is 12.4. The van der Waals surface area contributed by atoms with Gasteiger partial charge in [0, 0.05) is 57.3 Å². The number of nitrogens with two attached hydrogens (primary N) is 1. The molecule has 8 heteroatoms. The number of nitrogens with one attached hydrogen (secondary N) is 1. The van der Waals surface area contributed by atoms with Crippen molar-refractivity contribution in [1.29, 1.82) is 0 Å². The Hall–Kier alpha value is -0.410. The lowest BCUT2D eigenvalue weighted by Crippen LogP contribution is -2.57. The Labute approximate surface area is 190 Å². The van der Waals surface area contributed by atoms with Crippen molar-refractivity contribution in [3.8, 4) is 0 Å². The summed E-state index contributed by atoms with van der Waals surface area (Å²) in [7, 11) is 1.82. The third-order valence-corrected chi connectivity index (χ3v) is 10.3. The molecule has 3 saturated heterocycles. The maximum atomic E-state index is 14.4. The van der Waals surface area contributed by atoms with Gasteiger partial charge in [0.1, 0.15) is 11.4 Å². The Morgan fingerprint density at radius 1 is 1.10 bits per heavy atom. The van der Waals surface area contributed by atoms with Crippen molar-refractivity contribution in [3.63, 3.8) is 0 Å². The third-order valence-electron chi connectivity index (χ3n) is 8.73. The number of carbonyl (C=O) groups is 1. The maximum Gasteiger partial charge on any atom is 0.237 e. The molecule has 3 aliphatic heterocycles. The van der Waals surface area contributed by atoms with E-state index in [1.807, 2.05) is 12.0 Å². The lowest BCUT2D eigenvalue weighted by atomic mass is 9.73. The zero-order chi connectivity index (χ0) is 21.5. The van der Waals surface area contributed by atoms with Crippen LogP contribution in [0.1, 0.15) is 51.4 Å². The molecule has 3 N–H and O–H groups in total. The van der Waals surface area contributed by atoms with E-state index in [4.69, 9.17) is 10.5 Å². The summed E-state index contributed by atoms with van der Waals surface area (Å²) in [6, 6.07) is 0.500. The number of piperazine rings is 1. The number of halogens is 1. The Bertz CT molecular complexity index is 649. The van der Waals surface area contributed by atoms with E-state index in [1.165, 1.54) is 0 Å². The fourth-order valence-corrected chi connectivity index (χ4v) is 8.56. The molecule has 9 unspecified atom stereocenters. The Morgan fingerprint density at radius 3 is 2.61 bits per heavy atom. The van der Waals surface area contributed by atoms with Crippen LogP contribution in [0.2, 0.25) is 0 Å². The van der Waals surface area contributed by atoms with Crippen LogP contribution < -0.4 is 11.1 Å². The number of hydrogen-bond acceptors (Lipinski definition) is 6. The van der Waals surface area contributed by atoms with E-state index >= 15 is 0 Å². The number of fused-ring (bicyclic) bond motifs is 2. The molecule has 6 nitrogen and oxygen atoms in total. The molecule has 9 atom stereocenters. The molecule has 0 spiro atoms. The molecule has 0 aromatic heterocycles. The summed E-state index contributed by atoms with van der Waals surface area (Å²) in [5.41, 5.74) is 6.69. The molecule has 2 aliphatic carbocycles. The molecule has 5 aliphatic rings. The number of methoxy groups -OCH3 is 1. The second kappa shape index (κ2) is 9.45. The van der Waals surface area contributed by atoms with E-state index in [2.05, 4.69) is 10.2 Å². The zero-order valence-corrected chi connectivity index (χ0v) is 19.6. The van der Waals surface area contributed by atoms with Gasteiger partial charge in [-0.2, -0.15) is 0 Å². The first kappa shape index (κ1) is 22.4. The lowest BCUT2D eigenvalue weighted by Gasteiger charge is -2.44. The third kappa shape index (κ3) is 4.39. The minimum Gasteiger partial charge on any atom is -0.381 e. The Kier molecular flexibility index (Phi) is 6.82. The minimum atomic E-state index is -0.703. The average Bonchev–Trinajstić information content (AvgIpc) is 3.12. The monoisotopic (exact) mass is 454 g/mol. The molecule has 5 fully saturated rings. The van der Waals surface area contributed by atoms with Crippen molar-refractivity contribution in [2.24, 2.45) is 17.6 Å². The lowest BCUT2D eigenvalue weighted by molar-refractivity contribution is -0.133. The molecule has 0 aromatic carbocycles. The first-order valence-corrected chi connectivity index (χ1v) is 13.4. The van der Waals surface area contributed by atoms with Gasteiger partial charge in [-0.05, 0) is 44.4 Å². The number of rotatable bonds is 3. The van der Waals surface area contributed by atoms with Crippen LogP contribution in [0.4, 0.5) is 4.39 Å². The summed E-state index contributed by atoms with van der Waals surface area (Å²) in [4.78, 5) is 17.7. The van der Waals surface area contributed by atoms with Gasteiger partial charge >= 0.3 is 0 Å². The molecule has 176 valence electrons. The number of ether oxygens (including phenoxy) is 1. The molecular formula is C23H39FN4O2S. The number of piperidine rings is 1. The van der Waals surface area contributed by atoms with Crippen LogP contribution >= 0.6 is 11.8 Å². The van der Waals surface area contributed by atoms with Crippen LogP contribution in [0.3, 0.4) is 0 Å². The minimum absolute atomic E-state index is 0.0560. The molecule has 2 saturated carbocycles. The van der Waals surface area contributed by atoms with Crippen molar-refractivity contribution < 1.29 is 13.9 Å². The van der Waals surface area contributed by atoms with Gasteiger partial charge < -0.3 is 20.7 Å². The Balaban J connectivity index is 1.17. The van der Waals surface area contributed by atoms with Gasteiger partial charge in [0.05, 0.1) is 11.5 Å². The number of nitrogens with zero attached hydrogens (tertiary/aromatic N) is 2. The standard InChI is InChI=1S/C23H39FN4O2S/c1-30-15-6-7-18-14(12-15)13-16-20(25)21(31-22(16)26-18)23(29)28-10-8-27(9-11-28)19-5-3-2-4-17(19)24/h14-22,26H,2-13,25H2,1H3. The zero-order valence-electron chi connectivity index (χ0n) is 18.8. The van der Waals surface area contributed by atoms with Crippen molar-refractivity contribution in [3.05, 3.63) is 0 Å². The summed E-state index contributed by atoms with van der Waals surface area (Å²) < 4.78 is 20.0. The van der Waals surface area contributed by atoms with Gasteiger partial charge in [-0.15, -0.1) is 11.8 Å². The second-order valence-electron chi connectivity index (χ2n) is 10.4. The van der Waals surface area contributed by atoms with Crippen LogP contribution in [-0.2, 0) is 9.53 Å². The van der Waals surface area contributed by atoms with E-state index in [1.54, 1.807) is 11.8 Å². The van der Waals surface area contributed by atoms with Gasteiger partial charge in [-0.1, -0.05) is 12.8 Å². The van der Waals surface area contributed by atoms with Crippen molar-refractivity contribution in [2.75, 3.05) is 33.3 Å². The van der Waals surface area contributed by atoms with Gasteiger partial charge in [0.15, 0.2) is 0 Å². The average molecular weight is 455 g/mol. The topological polar surface area (TPSA) is 70.8 Å². The molecule has 0 radical (unpaired) electrons. The molecule has 31 heavy (non-hydrogen) atoms. The summed E-state index contributed by atoms with van der Waals surface area (Å²) in [5, 5.41) is 3.98. The first-order chi connectivity index (χ1) is 15.0. The highest BCUT2D eigenvalue weighted by atomic mass is 32.2. The summed E-state index contributed by atoms with van der Waals surface area (Å²) in [5.74, 6) is 1.16. The molecule has 1 amide bonds. The summed E-state index contributed by atoms with van der Waals surface area (Å²) in [6.07, 6.45) is 7.93. The number of thioether (sulfide) groups is 1. The van der Waals surface area contributed by atoms with Gasteiger partial charge in [0.2, 0.25) is 5.91 Å². The van der Waals surface area contributed by atoms with E-state index in [0.29, 0.717) is 48.9 Å². The number of alkyl halides is 1. The second-order valence-corrected chi connectivity index (χ2v) is 11.7. The number of amides is 1. The highest BCUT2D eigenvalue weighted by molar-refractivity contribution is 8.01. The van der Waals surface area contributed by atoms with Crippen molar-refractivity contribution in [1.82, 2.24) is 15.1 Å². The van der Waals surface area contributed by atoms with E-state index in [0.717, 1.165) is 58.0 Å². The van der Waals surface area contributed by atoms with E-state index < -0.39 is 6.17 Å². The van der Waals surface area contributed by atoms with Gasteiger partial charge in [-0.3, -0.25) is 9.69 Å².